The van der Waals surface area contributed by atoms with Crippen LogP contribution in [0.25, 0.3) is 22.5 Å². The lowest BCUT2D eigenvalue weighted by Crippen LogP contribution is -1.88. The van der Waals surface area contributed by atoms with E-state index >= 15 is 0 Å². The SMILES string of the molecule is Cc1cc(-c2onc(N)c2-c2cccnc2)co1. The largest absolute Gasteiger partial charge is 0.469 e. The van der Waals surface area contributed by atoms with Crippen molar-refractivity contribution in [1.29, 1.82) is 0 Å². The van der Waals surface area contributed by atoms with Gasteiger partial charge in [-0.3, -0.25) is 4.98 Å². The Balaban J connectivity index is 2.18. The molecule has 0 saturated carbocycles. The molecule has 5 heteroatoms. The number of nitrogen functional groups attached to an aromatic ring is 1. The topological polar surface area (TPSA) is 78.1 Å². The Morgan fingerprint density at radius 1 is 1.28 bits per heavy atom. The van der Waals surface area contributed by atoms with E-state index < -0.39 is 0 Å². The molecule has 5 nitrogen and oxygen atoms in total. The number of nitrogens with zero attached hydrogens (tertiary/aromatic N) is 2. The molecule has 90 valence electrons. The fraction of sp³-hybridized carbons (Fsp3) is 0.0769. The van der Waals surface area contributed by atoms with Gasteiger partial charge in [0.2, 0.25) is 0 Å². The van der Waals surface area contributed by atoms with Gasteiger partial charge in [-0.15, -0.1) is 0 Å². The third-order valence-electron chi connectivity index (χ3n) is 2.66. The molecule has 0 radical (unpaired) electrons. The van der Waals surface area contributed by atoms with Crippen molar-refractivity contribution in [3.63, 3.8) is 0 Å². The zero-order chi connectivity index (χ0) is 12.5. The van der Waals surface area contributed by atoms with E-state index in [0.29, 0.717) is 11.6 Å². The summed E-state index contributed by atoms with van der Waals surface area (Å²) in [7, 11) is 0. The summed E-state index contributed by atoms with van der Waals surface area (Å²) in [6, 6.07) is 5.62. The lowest BCUT2D eigenvalue weighted by Gasteiger charge is -1.99. The predicted octanol–water partition coefficient (Wildman–Crippen LogP) is 2.89. The van der Waals surface area contributed by atoms with Gasteiger partial charge < -0.3 is 14.7 Å². The molecule has 3 rings (SSSR count). The molecule has 0 aromatic carbocycles. The first-order valence-corrected chi connectivity index (χ1v) is 5.47. The highest BCUT2D eigenvalue weighted by atomic mass is 16.5. The van der Waals surface area contributed by atoms with Gasteiger partial charge in [0.05, 0.1) is 11.1 Å². The fourth-order valence-electron chi connectivity index (χ4n) is 1.85. The molecular weight excluding hydrogens is 230 g/mol. The summed E-state index contributed by atoms with van der Waals surface area (Å²) in [5, 5.41) is 3.81. The molecule has 0 atom stereocenters. The Labute approximate surface area is 103 Å². The highest BCUT2D eigenvalue weighted by Gasteiger charge is 2.18. The fourth-order valence-corrected chi connectivity index (χ4v) is 1.85. The van der Waals surface area contributed by atoms with Crippen LogP contribution in [0.4, 0.5) is 5.82 Å². The maximum atomic E-state index is 5.85. The van der Waals surface area contributed by atoms with Crippen molar-refractivity contribution < 1.29 is 8.94 Å². The maximum absolute atomic E-state index is 5.85. The second-order valence-corrected chi connectivity index (χ2v) is 3.96. The summed E-state index contributed by atoms with van der Waals surface area (Å²) in [5.74, 6) is 1.74. The number of anilines is 1. The van der Waals surface area contributed by atoms with E-state index in [2.05, 4.69) is 10.1 Å². The Morgan fingerprint density at radius 2 is 2.17 bits per heavy atom. The smallest absolute Gasteiger partial charge is 0.180 e. The summed E-state index contributed by atoms with van der Waals surface area (Å²) in [4.78, 5) is 4.07. The minimum atomic E-state index is 0.344. The summed E-state index contributed by atoms with van der Waals surface area (Å²) in [5.41, 5.74) is 8.28. The Hall–Kier alpha value is -2.56. The third kappa shape index (κ3) is 1.66. The number of rotatable bonds is 2. The monoisotopic (exact) mass is 241 g/mol. The van der Waals surface area contributed by atoms with E-state index in [1.165, 1.54) is 0 Å². The molecular formula is C13H11N3O2. The lowest BCUT2D eigenvalue weighted by molar-refractivity contribution is 0.435. The van der Waals surface area contributed by atoms with Crippen molar-refractivity contribution in [2.24, 2.45) is 0 Å². The van der Waals surface area contributed by atoms with Gasteiger partial charge in [0.1, 0.15) is 12.0 Å². The van der Waals surface area contributed by atoms with Crippen LogP contribution >= 0.6 is 0 Å². The molecule has 2 N–H and O–H groups in total. The minimum Gasteiger partial charge on any atom is -0.469 e. The first-order chi connectivity index (χ1) is 8.75. The average molecular weight is 241 g/mol. The number of aromatic nitrogens is 2. The summed E-state index contributed by atoms with van der Waals surface area (Å²) < 4.78 is 10.6. The quantitative estimate of drug-likeness (QED) is 0.746. The van der Waals surface area contributed by atoms with Gasteiger partial charge in [-0.25, -0.2) is 0 Å². The van der Waals surface area contributed by atoms with Crippen LogP contribution < -0.4 is 5.73 Å². The van der Waals surface area contributed by atoms with E-state index in [0.717, 1.165) is 22.5 Å². The number of pyridine rings is 1. The van der Waals surface area contributed by atoms with Crippen molar-refractivity contribution >= 4 is 5.82 Å². The molecule has 3 heterocycles. The van der Waals surface area contributed by atoms with Crippen LogP contribution in [0.15, 0.2) is 45.8 Å². The van der Waals surface area contributed by atoms with Crippen molar-refractivity contribution in [3.05, 3.63) is 42.6 Å². The lowest BCUT2D eigenvalue weighted by atomic mass is 10.0. The molecule has 3 aromatic rings. The van der Waals surface area contributed by atoms with Crippen molar-refractivity contribution in [3.8, 4) is 22.5 Å². The van der Waals surface area contributed by atoms with Gasteiger partial charge in [0, 0.05) is 18.0 Å². The zero-order valence-corrected chi connectivity index (χ0v) is 9.75. The third-order valence-corrected chi connectivity index (χ3v) is 2.66. The van der Waals surface area contributed by atoms with E-state index in [1.54, 1.807) is 18.7 Å². The van der Waals surface area contributed by atoms with Crippen LogP contribution in [0, 0.1) is 6.92 Å². The Morgan fingerprint density at radius 3 is 2.83 bits per heavy atom. The molecule has 0 saturated heterocycles. The number of aryl methyl sites for hydroxylation is 1. The first kappa shape index (κ1) is 10.6. The highest BCUT2D eigenvalue weighted by molar-refractivity contribution is 5.85. The van der Waals surface area contributed by atoms with E-state index in [9.17, 15) is 0 Å². The van der Waals surface area contributed by atoms with Crippen LogP contribution in [-0.2, 0) is 0 Å². The van der Waals surface area contributed by atoms with Crippen molar-refractivity contribution in [1.82, 2.24) is 10.1 Å². The number of nitrogens with two attached hydrogens (primary N) is 1. The van der Waals surface area contributed by atoms with Crippen LogP contribution in [0.1, 0.15) is 5.76 Å². The number of hydrogen-bond acceptors (Lipinski definition) is 5. The normalized spacial score (nSPS) is 10.7. The van der Waals surface area contributed by atoms with Gasteiger partial charge in [-0.05, 0) is 19.1 Å². The Bertz CT molecular complexity index is 671. The first-order valence-electron chi connectivity index (χ1n) is 5.47. The van der Waals surface area contributed by atoms with E-state index in [1.807, 2.05) is 25.1 Å². The van der Waals surface area contributed by atoms with E-state index in [4.69, 9.17) is 14.7 Å². The molecule has 0 amide bonds. The number of furan rings is 1. The van der Waals surface area contributed by atoms with Crippen molar-refractivity contribution in [2.75, 3.05) is 5.73 Å². The average Bonchev–Trinajstić information content (AvgIpc) is 2.96. The minimum absolute atomic E-state index is 0.344. The highest BCUT2D eigenvalue weighted by Crippen LogP contribution is 2.36. The molecule has 0 fully saturated rings. The van der Waals surface area contributed by atoms with Crippen LogP contribution in [-0.4, -0.2) is 10.1 Å². The van der Waals surface area contributed by atoms with Crippen LogP contribution in [0.5, 0.6) is 0 Å². The Kier molecular flexibility index (Phi) is 2.37. The summed E-state index contributed by atoms with van der Waals surface area (Å²) >= 11 is 0. The molecule has 0 bridgehead atoms. The maximum Gasteiger partial charge on any atom is 0.180 e. The molecule has 3 aromatic heterocycles. The van der Waals surface area contributed by atoms with E-state index in [-0.39, 0.29) is 0 Å². The summed E-state index contributed by atoms with van der Waals surface area (Å²) in [6.45, 7) is 1.87. The standard InChI is InChI=1S/C13H11N3O2/c1-8-5-10(7-17-8)12-11(13(14)16-18-12)9-3-2-4-15-6-9/h2-7H,1H3,(H2,14,16). The van der Waals surface area contributed by atoms with Gasteiger partial charge in [-0.2, -0.15) is 0 Å². The van der Waals surface area contributed by atoms with Crippen molar-refractivity contribution in [2.45, 2.75) is 6.92 Å². The number of hydrogen-bond donors (Lipinski definition) is 1. The molecule has 18 heavy (non-hydrogen) atoms. The summed E-state index contributed by atoms with van der Waals surface area (Å²) in [6.07, 6.45) is 5.05. The zero-order valence-electron chi connectivity index (χ0n) is 9.75. The molecule has 0 aliphatic rings. The van der Waals surface area contributed by atoms with Gasteiger partial charge in [0.25, 0.3) is 0 Å². The molecule has 0 aliphatic heterocycles. The van der Waals surface area contributed by atoms with Gasteiger partial charge >= 0.3 is 0 Å². The van der Waals surface area contributed by atoms with Crippen LogP contribution in [0.3, 0.4) is 0 Å². The molecule has 0 aliphatic carbocycles. The predicted molar refractivity (Wildman–Crippen MR) is 66.6 cm³/mol. The molecule has 0 spiro atoms. The molecule has 0 unspecified atom stereocenters. The van der Waals surface area contributed by atoms with Gasteiger partial charge in [0.15, 0.2) is 11.6 Å². The second kappa shape index (κ2) is 4.03. The van der Waals surface area contributed by atoms with Gasteiger partial charge in [-0.1, -0.05) is 11.2 Å². The second-order valence-electron chi connectivity index (χ2n) is 3.96. The van der Waals surface area contributed by atoms with Crippen LogP contribution in [0.2, 0.25) is 0 Å².